The highest BCUT2D eigenvalue weighted by molar-refractivity contribution is 5.81. The molecule has 0 saturated heterocycles. The van der Waals surface area contributed by atoms with E-state index in [1.165, 1.54) is 20.0 Å². The zero-order valence-electron chi connectivity index (χ0n) is 8.14. The van der Waals surface area contributed by atoms with Crippen LogP contribution in [0.3, 0.4) is 0 Å². The molecule has 2 rings (SSSR count). The van der Waals surface area contributed by atoms with Gasteiger partial charge in [-0.2, -0.15) is 0 Å². The molecule has 2 aliphatic rings. The number of carbonyl (C=O) groups excluding carboxylic acids is 1. The molecule has 0 bridgehead atoms. The summed E-state index contributed by atoms with van der Waals surface area (Å²) in [6, 6.07) is 0.581. The summed E-state index contributed by atoms with van der Waals surface area (Å²) < 4.78 is 4.86. The van der Waals surface area contributed by atoms with Crippen molar-refractivity contribution in [1.82, 2.24) is 5.32 Å². The van der Waals surface area contributed by atoms with E-state index < -0.39 is 0 Å². The maximum Gasteiger partial charge on any atom is 0.326 e. The fourth-order valence-electron chi connectivity index (χ4n) is 2.20. The van der Waals surface area contributed by atoms with Crippen molar-refractivity contribution in [2.75, 3.05) is 7.11 Å². The molecule has 13 heavy (non-hydrogen) atoms. The van der Waals surface area contributed by atoms with E-state index >= 15 is 0 Å². The zero-order chi connectivity index (χ0) is 9.31. The Morgan fingerprint density at radius 1 is 1.38 bits per heavy atom. The highest BCUT2D eigenvalue weighted by Gasteiger charge is 2.45. The minimum absolute atomic E-state index is 0.0584. The van der Waals surface area contributed by atoms with Crippen LogP contribution in [0, 0.1) is 0 Å². The number of hydrogen-bond donors (Lipinski definition) is 1. The van der Waals surface area contributed by atoms with Gasteiger partial charge in [-0.25, -0.2) is 0 Å². The fraction of sp³-hybridized carbons (Fsp3) is 0.900. The summed E-state index contributed by atoms with van der Waals surface area (Å²) in [6.07, 6.45) is 6.65. The van der Waals surface area contributed by atoms with E-state index in [-0.39, 0.29) is 11.5 Å². The molecular formula is C10H17NO2. The third-order valence-corrected chi connectivity index (χ3v) is 3.09. The van der Waals surface area contributed by atoms with Gasteiger partial charge in [0.2, 0.25) is 0 Å². The topological polar surface area (TPSA) is 38.3 Å². The Morgan fingerprint density at radius 3 is 2.46 bits per heavy atom. The van der Waals surface area contributed by atoms with Gasteiger partial charge in [-0.05, 0) is 25.7 Å². The second kappa shape index (κ2) is 3.29. The van der Waals surface area contributed by atoms with Gasteiger partial charge in [0, 0.05) is 6.04 Å². The number of hydrogen-bond acceptors (Lipinski definition) is 3. The normalized spacial score (nSPS) is 25.9. The van der Waals surface area contributed by atoms with Crippen LogP contribution in [0.5, 0.6) is 0 Å². The van der Waals surface area contributed by atoms with Crippen molar-refractivity contribution in [3.8, 4) is 0 Å². The highest BCUT2D eigenvalue weighted by Crippen LogP contribution is 2.34. The Labute approximate surface area is 78.8 Å². The Balaban J connectivity index is 2.03. The molecule has 2 fully saturated rings. The summed E-state index contributed by atoms with van der Waals surface area (Å²) in [5.41, 5.74) is -0.323. The summed E-state index contributed by atoms with van der Waals surface area (Å²) in [5, 5.41) is 3.44. The van der Waals surface area contributed by atoms with Crippen molar-refractivity contribution in [3.63, 3.8) is 0 Å². The summed E-state index contributed by atoms with van der Waals surface area (Å²) in [7, 11) is 1.48. The van der Waals surface area contributed by atoms with Gasteiger partial charge in [-0.1, -0.05) is 12.8 Å². The third kappa shape index (κ3) is 1.70. The molecule has 0 radical (unpaired) electrons. The second-order valence-corrected chi connectivity index (χ2v) is 4.20. The molecular weight excluding hydrogens is 166 g/mol. The first-order valence-electron chi connectivity index (χ1n) is 5.13. The molecule has 0 atom stereocenters. The molecule has 74 valence electrons. The first kappa shape index (κ1) is 9.00. The van der Waals surface area contributed by atoms with E-state index in [4.69, 9.17) is 4.74 Å². The van der Waals surface area contributed by atoms with Crippen LogP contribution in [0.4, 0.5) is 0 Å². The van der Waals surface area contributed by atoms with Crippen molar-refractivity contribution in [3.05, 3.63) is 0 Å². The highest BCUT2D eigenvalue weighted by atomic mass is 16.5. The van der Waals surface area contributed by atoms with Crippen LogP contribution in [0.1, 0.15) is 38.5 Å². The molecule has 0 spiro atoms. The van der Waals surface area contributed by atoms with Gasteiger partial charge in [0.15, 0.2) is 0 Å². The van der Waals surface area contributed by atoms with Gasteiger partial charge >= 0.3 is 5.97 Å². The molecule has 2 aliphatic carbocycles. The van der Waals surface area contributed by atoms with Crippen molar-refractivity contribution in [1.29, 1.82) is 0 Å². The number of carbonyl (C=O) groups is 1. The summed E-state index contributed by atoms with van der Waals surface area (Å²) in [4.78, 5) is 11.6. The van der Waals surface area contributed by atoms with E-state index in [9.17, 15) is 4.79 Å². The van der Waals surface area contributed by atoms with Gasteiger partial charge < -0.3 is 4.74 Å². The maximum absolute atomic E-state index is 11.6. The Bertz CT molecular complexity index is 205. The quantitative estimate of drug-likeness (QED) is 0.669. The monoisotopic (exact) mass is 183 g/mol. The molecule has 0 heterocycles. The predicted octanol–water partition coefficient (Wildman–Crippen LogP) is 1.22. The number of ether oxygens (including phenoxy) is 1. The van der Waals surface area contributed by atoms with Gasteiger partial charge in [-0.3, -0.25) is 10.1 Å². The molecule has 1 N–H and O–H groups in total. The zero-order valence-corrected chi connectivity index (χ0v) is 8.14. The Morgan fingerprint density at radius 2 is 2.00 bits per heavy atom. The van der Waals surface area contributed by atoms with Gasteiger partial charge in [0.25, 0.3) is 0 Å². The number of esters is 1. The number of nitrogens with one attached hydrogen (secondary N) is 1. The van der Waals surface area contributed by atoms with E-state index in [2.05, 4.69) is 5.32 Å². The predicted molar refractivity (Wildman–Crippen MR) is 49.4 cm³/mol. The van der Waals surface area contributed by atoms with Gasteiger partial charge in [0.05, 0.1) is 7.11 Å². The lowest BCUT2D eigenvalue weighted by atomic mass is 9.98. The fourth-order valence-corrected chi connectivity index (χ4v) is 2.20. The van der Waals surface area contributed by atoms with Crippen molar-refractivity contribution < 1.29 is 9.53 Å². The van der Waals surface area contributed by atoms with Crippen LogP contribution in [0.2, 0.25) is 0 Å². The Kier molecular flexibility index (Phi) is 2.28. The second-order valence-electron chi connectivity index (χ2n) is 4.20. The van der Waals surface area contributed by atoms with E-state index in [0.717, 1.165) is 25.7 Å². The van der Waals surface area contributed by atoms with Gasteiger partial charge in [-0.15, -0.1) is 0 Å². The van der Waals surface area contributed by atoms with Gasteiger partial charge in [0.1, 0.15) is 5.54 Å². The lowest BCUT2D eigenvalue weighted by Crippen LogP contribution is -2.51. The lowest BCUT2D eigenvalue weighted by Gasteiger charge is -2.27. The molecule has 0 aromatic heterocycles. The SMILES string of the molecule is COC(=O)C1(NC2CC2)CCCC1. The van der Waals surface area contributed by atoms with Crippen LogP contribution >= 0.6 is 0 Å². The minimum atomic E-state index is -0.323. The summed E-state index contributed by atoms with van der Waals surface area (Å²) >= 11 is 0. The smallest absolute Gasteiger partial charge is 0.326 e. The molecule has 3 heteroatoms. The third-order valence-electron chi connectivity index (χ3n) is 3.09. The molecule has 0 unspecified atom stereocenters. The van der Waals surface area contributed by atoms with Crippen LogP contribution < -0.4 is 5.32 Å². The van der Waals surface area contributed by atoms with E-state index in [1.54, 1.807) is 0 Å². The Hall–Kier alpha value is -0.570. The first-order valence-corrected chi connectivity index (χ1v) is 5.13. The molecule has 2 saturated carbocycles. The van der Waals surface area contributed by atoms with Crippen molar-refractivity contribution in [2.45, 2.75) is 50.1 Å². The average Bonchev–Trinajstić information content (AvgIpc) is 2.81. The van der Waals surface area contributed by atoms with Crippen molar-refractivity contribution in [2.24, 2.45) is 0 Å². The maximum atomic E-state index is 11.6. The first-order chi connectivity index (χ1) is 6.27. The molecule has 0 amide bonds. The van der Waals surface area contributed by atoms with Crippen LogP contribution in [0.15, 0.2) is 0 Å². The van der Waals surface area contributed by atoms with Crippen LogP contribution in [-0.4, -0.2) is 24.7 Å². The van der Waals surface area contributed by atoms with Crippen LogP contribution in [0.25, 0.3) is 0 Å². The van der Waals surface area contributed by atoms with E-state index in [1.807, 2.05) is 0 Å². The molecule has 3 nitrogen and oxygen atoms in total. The average molecular weight is 183 g/mol. The molecule has 0 aromatic rings. The standard InChI is InChI=1S/C10H17NO2/c1-13-9(12)10(6-2-3-7-10)11-8-4-5-8/h8,11H,2-7H2,1H3. The summed E-state index contributed by atoms with van der Waals surface area (Å²) in [5.74, 6) is -0.0584. The molecule has 0 aliphatic heterocycles. The molecule has 0 aromatic carbocycles. The van der Waals surface area contributed by atoms with Crippen molar-refractivity contribution >= 4 is 5.97 Å². The lowest BCUT2D eigenvalue weighted by molar-refractivity contribution is -0.148. The largest absolute Gasteiger partial charge is 0.468 e. The number of rotatable bonds is 3. The summed E-state index contributed by atoms with van der Waals surface area (Å²) in [6.45, 7) is 0. The van der Waals surface area contributed by atoms with E-state index in [0.29, 0.717) is 6.04 Å². The van der Waals surface area contributed by atoms with Crippen LogP contribution in [-0.2, 0) is 9.53 Å². The number of methoxy groups -OCH3 is 1. The minimum Gasteiger partial charge on any atom is -0.468 e.